The van der Waals surface area contributed by atoms with E-state index in [1.54, 1.807) is 21.3 Å². The molecule has 6 heteroatoms. The van der Waals surface area contributed by atoms with Crippen LogP contribution in [-0.4, -0.2) is 35.9 Å². The number of ether oxygens (including phenoxy) is 3. The summed E-state index contributed by atoms with van der Waals surface area (Å²) in [6.45, 7) is 6.58. The van der Waals surface area contributed by atoms with Crippen LogP contribution in [0.3, 0.4) is 0 Å². The lowest BCUT2D eigenvalue weighted by Gasteiger charge is -2.16. The van der Waals surface area contributed by atoms with Crippen molar-refractivity contribution < 1.29 is 14.2 Å². The molecule has 1 aromatic carbocycles. The Labute approximate surface area is 166 Å². The van der Waals surface area contributed by atoms with Gasteiger partial charge in [-0.25, -0.2) is 9.50 Å². The molecule has 0 saturated carbocycles. The summed E-state index contributed by atoms with van der Waals surface area (Å²) in [4.78, 5) is 4.69. The highest BCUT2D eigenvalue weighted by atomic mass is 16.5. The highest BCUT2D eigenvalue weighted by Gasteiger charge is 2.24. The van der Waals surface area contributed by atoms with E-state index in [1.807, 2.05) is 28.9 Å². The zero-order valence-corrected chi connectivity index (χ0v) is 17.6. The molecule has 28 heavy (non-hydrogen) atoms. The van der Waals surface area contributed by atoms with Gasteiger partial charge in [0.2, 0.25) is 0 Å². The summed E-state index contributed by atoms with van der Waals surface area (Å²) in [6, 6.07) is 5.66. The van der Waals surface area contributed by atoms with Crippen LogP contribution in [-0.2, 0) is 6.42 Å². The molecule has 150 valence electrons. The molecule has 2 heterocycles. The number of hydrogen-bond acceptors (Lipinski definition) is 5. The lowest BCUT2D eigenvalue weighted by Crippen LogP contribution is -2.02. The fourth-order valence-corrected chi connectivity index (χ4v) is 3.83. The number of nitrogens with zero attached hydrogens (tertiary/aromatic N) is 3. The molecule has 0 aliphatic heterocycles. The Morgan fingerprint density at radius 2 is 1.61 bits per heavy atom. The van der Waals surface area contributed by atoms with E-state index in [1.165, 1.54) is 5.56 Å². The van der Waals surface area contributed by atoms with Crippen molar-refractivity contribution in [2.45, 2.75) is 46.0 Å². The Kier molecular flexibility index (Phi) is 6.07. The highest BCUT2D eigenvalue weighted by molar-refractivity contribution is 5.77. The third-order valence-electron chi connectivity index (χ3n) is 5.33. The Morgan fingerprint density at radius 1 is 0.964 bits per heavy atom. The number of fused-ring (bicyclic) bond motifs is 1. The molecule has 0 bridgehead atoms. The average Bonchev–Trinajstić information content (AvgIpc) is 3.12. The van der Waals surface area contributed by atoms with Gasteiger partial charge in [-0.1, -0.05) is 20.8 Å². The van der Waals surface area contributed by atoms with Gasteiger partial charge < -0.3 is 14.2 Å². The summed E-state index contributed by atoms with van der Waals surface area (Å²) >= 11 is 0. The second kappa shape index (κ2) is 8.50. The normalized spacial score (nSPS) is 11.2. The smallest absolute Gasteiger partial charge is 0.159 e. The van der Waals surface area contributed by atoms with E-state index >= 15 is 0 Å². The molecule has 0 aliphatic carbocycles. The summed E-state index contributed by atoms with van der Waals surface area (Å²) in [5.74, 6) is 2.45. The molecule has 0 spiro atoms. The van der Waals surface area contributed by atoms with Gasteiger partial charge >= 0.3 is 0 Å². The van der Waals surface area contributed by atoms with Gasteiger partial charge in [0, 0.05) is 23.9 Å². The average molecular weight is 383 g/mol. The van der Waals surface area contributed by atoms with Gasteiger partial charge in [-0.3, -0.25) is 0 Å². The van der Waals surface area contributed by atoms with Gasteiger partial charge in [0.05, 0.1) is 38.3 Å². The second-order valence-corrected chi connectivity index (χ2v) is 6.70. The predicted octanol–water partition coefficient (Wildman–Crippen LogP) is 4.89. The van der Waals surface area contributed by atoms with Crippen LogP contribution in [0.2, 0.25) is 0 Å². The van der Waals surface area contributed by atoms with E-state index in [2.05, 4.69) is 20.8 Å². The van der Waals surface area contributed by atoms with E-state index in [4.69, 9.17) is 24.3 Å². The van der Waals surface area contributed by atoms with E-state index in [0.29, 0.717) is 23.2 Å². The van der Waals surface area contributed by atoms with Gasteiger partial charge in [-0.2, -0.15) is 5.10 Å². The molecule has 3 aromatic rings. The van der Waals surface area contributed by atoms with Crippen molar-refractivity contribution in [2.75, 3.05) is 21.3 Å². The zero-order valence-electron chi connectivity index (χ0n) is 17.6. The minimum Gasteiger partial charge on any atom is -0.496 e. The van der Waals surface area contributed by atoms with Crippen LogP contribution in [0.1, 0.15) is 50.8 Å². The Balaban J connectivity index is 2.34. The molecule has 6 nitrogen and oxygen atoms in total. The van der Waals surface area contributed by atoms with E-state index in [0.717, 1.165) is 41.9 Å². The minimum atomic E-state index is 0.440. The van der Waals surface area contributed by atoms with Gasteiger partial charge in [0.1, 0.15) is 17.2 Å². The highest BCUT2D eigenvalue weighted by Crippen LogP contribution is 2.42. The maximum absolute atomic E-state index is 5.67. The molecular weight excluding hydrogens is 354 g/mol. The van der Waals surface area contributed by atoms with E-state index < -0.39 is 0 Å². The molecule has 0 unspecified atom stereocenters. The summed E-state index contributed by atoms with van der Waals surface area (Å²) in [7, 11) is 4.92. The fraction of sp³-hybridized carbons (Fsp3) is 0.455. The number of hydrogen-bond donors (Lipinski definition) is 0. The topological polar surface area (TPSA) is 57.9 Å². The predicted molar refractivity (Wildman–Crippen MR) is 111 cm³/mol. The quantitative estimate of drug-likeness (QED) is 0.554. The summed E-state index contributed by atoms with van der Waals surface area (Å²) in [5.41, 5.74) is 4.97. The monoisotopic (exact) mass is 383 g/mol. The number of methoxy groups -OCH3 is 3. The van der Waals surface area contributed by atoms with Crippen LogP contribution in [0.15, 0.2) is 24.4 Å². The summed E-state index contributed by atoms with van der Waals surface area (Å²) in [5, 5.41) is 4.93. The van der Waals surface area contributed by atoms with Crippen LogP contribution < -0.4 is 14.2 Å². The van der Waals surface area contributed by atoms with Crippen molar-refractivity contribution in [3.63, 3.8) is 0 Å². The van der Waals surface area contributed by atoms with Crippen molar-refractivity contribution in [1.82, 2.24) is 14.6 Å². The molecular formula is C22H29N3O3. The Morgan fingerprint density at radius 3 is 2.11 bits per heavy atom. The van der Waals surface area contributed by atoms with Crippen LogP contribution in [0.5, 0.6) is 17.2 Å². The summed E-state index contributed by atoms with van der Waals surface area (Å²) in [6.07, 6.45) is 4.82. The molecule has 0 saturated heterocycles. The molecule has 3 rings (SSSR count). The standard InChI is InChI=1S/C22H29N3O3/c1-7-14(8-2)20-16(9-3)24-25-17(10-11-23-22(20)25)21-18(27-5)12-15(26-4)13-19(21)28-6/h10-14H,7-9H2,1-6H3. The van der Waals surface area contributed by atoms with Crippen molar-refractivity contribution >= 4 is 5.65 Å². The largest absolute Gasteiger partial charge is 0.496 e. The Hall–Kier alpha value is -2.76. The first kappa shape index (κ1) is 20.0. The lowest BCUT2D eigenvalue weighted by atomic mass is 9.93. The number of benzene rings is 1. The maximum atomic E-state index is 5.67. The second-order valence-electron chi connectivity index (χ2n) is 6.70. The molecule has 0 atom stereocenters. The van der Waals surface area contributed by atoms with Crippen LogP contribution in [0.4, 0.5) is 0 Å². The third kappa shape index (κ3) is 3.28. The van der Waals surface area contributed by atoms with Gasteiger partial charge in [0.15, 0.2) is 5.65 Å². The van der Waals surface area contributed by atoms with Crippen molar-refractivity contribution in [3.8, 4) is 28.5 Å². The van der Waals surface area contributed by atoms with Crippen LogP contribution in [0.25, 0.3) is 16.9 Å². The number of aryl methyl sites for hydroxylation is 1. The first-order valence-electron chi connectivity index (χ1n) is 9.80. The van der Waals surface area contributed by atoms with Gasteiger partial charge in [-0.15, -0.1) is 0 Å². The molecule has 2 aromatic heterocycles. The first-order valence-corrected chi connectivity index (χ1v) is 9.80. The number of aromatic nitrogens is 3. The number of rotatable bonds is 8. The molecule has 0 N–H and O–H groups in total. The molecule has 0 amide bonds. The van der Waals surface area contributed by atoms with Crippen LogP contribution >= 0.6 is 0 Å². The third-order valence-corrected chi connectivity index (χ3v) is 5.33. The maximum Gasteiger partial charge on any atom is 0.159 e. The van der Waals surface area contributed by atoms with Gasteiger partial charge in [0.25, 0.3) is 0 Å². The van der Waals surface area contributed by atoms with E-state index in [-0.39, 0.29) is 0 Å². The van der Waals surface area contributed by atoms with Crippen LogP contribution in [0, 0.1) is 0 Å². The first-order chi connectivity index (χ1) is 13.6. The Bertz CT molecular complexity index is 936. The summed E-state index contributed by atoms with van der Waals surface area (Å²) < 4.78 is 18.6. The molecule has 0 aliphatic rings. The SMILES string of the molecule is CCc1nn2c(-c3c(OC)cc(OC)cc3OC)ccnc2c1C(CC)CC. The van der Waals surface area contributed by atoms with Crippen molar-refractivity contribution in [3.05, 3.63) is 35.7 Å². The van der Waals surface area contributed by atoms with Crippen molar-refractivity contribution in [1.29, 1.82) is 0 Å². The fourth-order valence-electron chi connectivity index (χ4n) is 3.83. The molecule has 0 fully saturated rings. The van der Waals surface area contributed by atoms with E-state index in [9.17, 15) is 0 Å². The minimum absolute atomic E-state index is 0.440. The molecule has 0 radical (unpaired) electrons. The lowest BCUT2D eigenvalue weighted by molar-refractivity contribution is 0.377. The van der Waals surface area contributed by atoms with Crippen molar-refractivity contribution in [2.24, 2.45) is 0 Å². The zero-order chi connectivity index (χ0) is 20.3. The van der Waals surface area contributed by atoms with Gasteiger partial charge in [-0.05, 0) is 31.2 Å².